The van der Waals surface area contributed by atoms with Gasteiger partial charge in [0.25, 0.3) is 5.91 Å². The Morgan fingerprint density at radius 2 is 1.94 bits per heavy atom. The summed E-state index contributed by atoms with van der Waals surface area (Å²) < 4.78 is 0.739. The second-order valence-electron chi connectivity index (χ2n) is 6.08. The van der Waals surface area contributed by atoms with Crippen molar-refractivity contribution in [3.8, 4) is 0 Å². The number of hydrogen-bond donors (Lipinski definition) is 1. The maximum absolute atomic E-state index is 11.9. The van der Waals surface area contributed by atoms with Gasteiger partial charge in [-0.2, -0.15) is 0 Å². The zero-order valence-corrected chi connectivity index (χ0v) is 12.8. The van der Waals surface area contributed by atoms with Gasteiger partial charge in [-0.15, -0.1) is 0 Å². The smallest absolute Gasteiger partial charge is 0.252 e. The fourth-order valence-corrected chi connectivity index (χ4v) is 2.89. The van der Waals surface area contributed by atoms with Gasteiger partial charge in [0.15, 0.2) is 0 Å². The Hall–Kier alpha value is -0.900. The topological polar surface area (TPSA) is 42.0 Å². The van der Waals surface area contributed by atoms with Gasteiger partial charge < -0.3 is 5.32 Å². The van der Waals surface area contributed by atoms with Crippen molar-refractivity contribution in [1.29, 1.82) is 0 Å². The molecule has 0 atom stereocenters. The molecule has 1 aromatic rings. The molecular formula is C14H19BrN2O. The Balaban J connectivity index is 1.92. The zero-order chi connectivity index (χ0) is 13.6. The van der Waals surface area contributed by atoms with Crippen LogP contribution in [0.5, 0.6) is 0 Å². The molecule has 1 amide bonds. The van der Waals surface area contributed by atoms with Crippen molar-refractivity contribution in [2.75, 3.05) is 6.54 Å². The molecule has 4 heteroatoms. The van der Waals surface area contributed by atoms with Crippen LogP contribution in [0.3, 0.4) is 0 Å². The van der Waals surface area contributed by atoms with Crippen molar-refractivity contribution in [2.24, 2.45) is 16.7 Å². The first-order valence-electron chi connectivity index (χ1n) is 6.16. The van der Waals surface area contributed by atoms with E-state index >= 15 is 0 Å². The van der Waals surface area contributed by atoms with E-state index in [0.29, 0.717) is 22.3 Å². The third-order valence-electron chi connectivity index (χ3n) is 4.78. The summed E-state index contributed by atoms with van der Waals surface area (Å²) in [6, 6.07) is 3.55. The van der Waals surface area contributed by atoms with Crippen molar-refractivity contribution in [2.45, 2.75) is 27.7 Å². The molecule has 0 bridgehead atoms. The van der Waals surface area contributed by atoms with Crippen LogP contribution in [-0.2, 0) is 0 Å². The summed E-state index contributed by atoms with van der Waals surface area (Å²) >= 11 is 3.25. The Morgan fingerprint density at radius 3 is 2.39 bits per heavy atom. The number of carbonyl (C=O) groups is 1. The van der Waals surface area contributed by atoms with E-state index in [-0.39, 0.29) is 5.91 Å². The predicted molar refractivity (Wildman–Crippen MR) is 75.3 cm³/mol. The number of amides is 1. The van der Waals surface area contributed by atoms with Crippen molar-refractivity contribution in [1.82, 2.24) is 10.3 Å². The van der Waals surface area contributed by atoms with Gasteiger partial charge in [-0.3, -0.25) is 4.79 Å². The monoisotopic (exact) mass is 310 g/mol. The molecule has 0 spiro atoms. The first-order chi connectivity index (χ1) is 8.26. The van der Waals surface area contributed by atoms with E-state index in [2.05, 4.69) is 53.9 Å². The maximum Gasteiger partial charge on any atom is 0.252 e. The lowest BCUT2D eigenvalue weighted by Crippen LogP contribution is -2.27. The summed E-state index contributed by atoms with van der Waals surface area (Å²) in [6.45, 7) is 9.75. The predicted octanol–water partition coefficient (Wildman–Crippen LogP) is 3.26. The Morgan fingerprint density at radius 1 is 1.33 bits per heavy atom. The minimum absolute atomic E-state index is 0.0477. The van der Waals surface area contributed by atoms with Crippen LogP contribution >= 0.6 is 15.9 Å². The van der Waals surface area contributed by atoms with Gasteiger partial charge in [0.2, 0.25) is 0 Å². The Bertz CT molecular complexity index is 451. The van der Waals surface area contributed by atoms with Gasteiger partial charge in [-0.25, -0.2) is 4.98 Å². The van der Waals surface area contributed by atoms with E-state index in [1.165, 1.54) is 0 Å². The molecule has 1 fully saturated rings. The van der Waals surface area contributed by atoms with Crippen LogP contribution in [0.25, 0.3) is 0 Å². The second kappa shape index (κ2) is 4.34. The first-order valence-corrected chi connectivity index (χ1v) is 6.96. The number of carbonyl (C=O) groups excluding carboxylic acids is 1. The number of pyridine rings is 1. The van der Waals surface area contributed by atoms with Gasteiger partial charge in [0, 0.05) is 12.7 Å². The molecule has 1 N–H and O–H groups in total. The number of halogens is 1. The average molecular weight is 311 g/mol. The van der Waals surface area contributed by atoms with Gasteiger partial charge in [0.05, 0.1) is 5.56 Å². The Kier molecular flexibility index (Phi) is 3.26. The van der Waals surface area contributed by atoms with Gasteiger partial charge >= 0.3 is 0 Å². The molecule has 0 aromatic carbocycles. The fraction of sp³-hybridized carbons (Fsp3) is 0.571. The molecule has 2 rings (SSSR count). The van der Waals surface area contributed by atoms with Crippen LogP contribution in [0.4, 0.5) is 0 Å². The highest BCUT2D eigenvalue weighted by atomic mass is 79.9. The molecule has 1 heterocycles. The molecule has 0 unspecified atom stereocenters. The standard InChI is InChI=1S/C14H19BrN2O/c1-13(2)10(14(13,3)4)8-17-12(18)9-5-6-11(15)16-7-9/h5-7,10H,8H2,1-4H3,(H,17,18). The molecule has 1 aliphatic rings. The van der Waals surface area contributed by atoms with Gasteiger partial charge in [-0.05, 0) is 44.8 Å². The molecular weight excluding hydrogens is 292 g/mol. The minimum Gasteiger partial charge on any atom is -0.352 e. The van der Waals surface area contributed by atoms with Crippen molar-refractivity contribution < 1.29 is 4.79 Å². The zero-order valence-electron chi connectivity index (χ0n) is 11.2. The summed E-state index contributed by atoms with van der Waals surface area (Å²) in [5.74, 6) is 0.492. The molecule has 3 nitrogen and oxygen atoms in total. The lowest BCUT2D eigenvalue weighted by molar-refractivity contribution is 0.0949. The lowest BCUT2D eigenvalue weighted by atomic mass is 10.0. The number of rotatable bonds is 3. The van der Waals surface area contributed by atoms with E-state index in [1.54, 1.807) is 18.3 Å². The van der Waals surface area contributed by atoms with E-state index in [9.17, 15) is 4.79 Å². The van der Waals surface area contributed by atoms with E-state index in [1.807, 2.05) is 0 Å². The summed E-state index contributed by atoms with van der Waals surface area (Å²) in [4.78, 5) is 16.0. The molecule has 1 aromatic heterocycles. The molecule has 98 valence electrons. The summed E-state index contributed by atoms with van der Waals surface area (Å²) in [5, 5.41) is 3.00. The maximum atomic E-state index is 11.9. The number of nitrogens with zero attached hydrogens (tertiary/aromatic N) is 1. The van der Waals surface area contributed by atoms with Crippen LogP contribution in [0.15, 0.2) is 22.9 Å². The van der Waals surface area contributed by atoms with Crippen LogP contribution in [0.2, 0.25) is 0 Å². The van der Waals surface area contributed by atoms with Crippen LogP contribution in [-0.4, -0.2) is 17.4 Å². The summed E-state index contributed by atoms with van der Waals surface area (Å²) in [6.07, 6.45) is 1.59. The van der Waals surface area contributed by atoms with Crippen LogP contribution < -0.4 is 5.32 Å². The largest absolute Gasteiger partial charge is 0.352 e. The normalized spacial score (nSPS) is 20.5. The van der Waals surface area contributed by atoms with Crippen LogP contribution in [0.1, 0.15) is 38.1 Å². The van der Waals surface area contributed by atoms with E-state index in [0.717, 1.165) is 11.1 Å². The lowest BCUT2D eigenvalue weighted by Gasteiger charge is -2.06. The highest BCUT2D eigenvalue weighted by Crippen LogP contribution is 2.67. The number of hydrogen-bond acceptors (Lipinski definition) is 2. The molecule has 1 saturated carbocycles. The van der Waals surface area contributed by atoms with E-state index < -0.39 is 0 Å². The molecule has 0 radical (unpaired) electrons. The molecule has 0 aliphatic heterocycles. The summed E-state index contributed by atoms with van der Waals surface area (Å²) in [7, 11) is 0. The SMILES string of the molecule is CC1(C)C(CNC(=O)c2ccc(Br)nc2)C1(C)C. The van der Waals surface area contributed by atoms with Gasteiger partial charge in [0.1, 0.15) is 4.60 Å². The highest BCUT2D eigenvalue weighted by Gasteiger charge is 2.64. The minimum atomic E-state index is -0.0477. The molecule has 1 aliphatic carbocycles. The van der Waals surface area contributed by atoms with Crippen molar-refractivity contribution in [3.05, 3.63) is 28.5 Å². The van der Waals surface area contributed by atoms with E-state index in [4.69, 9.17) is 0 Å². The molecule has 0 saturated heterocycles. The molecule has 18 heavy (non-hydrogen) atoms. The quantitative estimate of drug-likeness (QED) is 0.871. The fourth-order valence-electron chi connectivity index (χ4n) is 2.65. The van der Waals surface area contributed by atoms with Crippen molar-refractivity contribution in [3.63, 3.8) is 0 Å². The second-order valence-corrected chi connectivity index (χ2v) is 6.89. The van der Waals surface area contributed by atoms with Crippen LogP contribution in [0, 0.1) is 16.7 Å². The van der Waals surface area contributed by atoms with Crippen molar-refractivity contribution >= 4 is 21.8 Å². The number of aromatic nitrogens is 1. The third-order valence-corrected chi connectivity index (χ3v) is 5.25. The summed E-state index contributed by atoms with van der Waals surface area (Å²) in [5.41, 5.74) is 1.21. The van der Waals surface area contributed by atoms with Gasteiger partial charge in [-0.1, -0.05) is 27.7 Å². The first kappa shape index (κ1) is 13.5. The number of nitrogens with one attached hydrogen (secondary N) is 1. The third kappa shape index (κ3) is 2.18. The Labute approximate surface area is 117 Å². The highest BCUT2D eigenvalue weighted by molar-refractivity contribution is 9.10. The average Bonchev–Trinajstić information content (AvgIpc) is 2.67.